The van der Waals surface area contributed by atoms with Gasteiger partial charge >= 0.3 is 0 Å². The van der Waals surface area contributed by atoms with E-state index in [0.29, 0.717) is 12.3 Å². The monoisotopic (exact) mass is 489 g/mol. The molecular weight excluding hydrogens is 468 g/mol. The molecule has 2 nitrogen and oxygen atoms in total. The van der Waals surface area contributed by atoms with Crippen LogP contribution in [0.4, 0.5) is 0 Å². The summed E-state index contributed by atoms with van der Waals surface area (Å²) in [6.45, 7) is 0. The van der Waals surface area contributed by atoms with Gasteiger partial charge in [-0.3, -0.25) is 9.59 Å². The van der Waals surface area contributed by atoms with Gasteiger partial charge in [0, 0.05) is 39.4 Å². The molecule has 1 aliphatic carbocycles. The number of ketones is 2. The van der Waals surface area contributed by atoms with Crippen LogP contribution in [0.25, 0.3) is 0 Å². The van der Waals surface area contributed by atoms with E-state index in [1.807, 2.05) is 97.8 Å². The van der Waals surface area contributed by atoms with Crippen LogP contribution in [0.1, 0.15) is 34.3 Å². The smallest absolute Gasteiger partial charge is 0.145 e. The van der Waals surface area contributed by atoms with Crippen molar-refractivity contribution in [2.45, 2.75) is 24.7 Å². The van der Waals surface area contributed by atoms with Gasteiger partial charge in [-0.1, -0.05) is 60.7 Å². The standard InChI is InChI=1S/C27H22BrO2S/c28-22-16-26(31-18-22)23(17-24(29)20-11-7-8-12-20)27(21-13-5-2-6-14-21)25(30)15-19-9-3-1-4-10-19/h1-14,16,18,23,27H,15,17H2. The first-order valence-electron chi connectivity index (χ1n) is 10.2. The van der Waals surface area contributed by atoms with Gasteiger partial charge < -0.3 is 0 Å². The van der Waals surface area contributed by atoms with Crippen LogP contribution in [0.2, 0.25) is 0 Å². The molecule has 1 fully saturated rings. The van der Waals surface area contributed by atoms with Crippen molar-refractivity contribution in [2.24, 2.45) is 0 Å². The highest BCUT2D eigenvalue weighted by molar-refractivity contribution is 9.10. The lowest BCUT2D eigenvalue weighted by Gasteiger charge is -2.26. The van der Waals surface area contributed by atoms with Crippen LogP contribution in [0.15, 0.2) is 76.6 Å². The first-order chi connectivity index (χ1) is 15.1. The normalized spacial score (nSPS) is 16.2. The summed E-state index contributed by atoms with van der Waals surface area (Å²) in [4.78, 5) is 27.8. The van der Waals surface area contributed by atoms with Crippen LogP contribution in [-0.4, -0.2) is 11.6 Å². The lowest BCUT2D eigenvalue weighted by Crippen LogP contribution is -2.25. The molecule has 1 heterocycles. The summed E-state index contributed by atoms with van der Waals surface area (Å²) >= 11 is 5.13. The molecule has 5 radical (unpaired) electrons. The number of halogens is 1. The third-order valence-electron chi connectivity index (χ3n) is 5.47. The summed E-state index contributed by atoms with van der Waals surface area (Å²) in [6, 6.07) is 21.7. The van der Waals surface area contributed by atoms with Gasteiger partial charge in [-0.15, -0.1) is 11.3 Å². The van der Waals surface area contributed by atoms with Crippen molar-refractivity contribution in [3.8, 4) is 0 Å². The predicted molar refractivity (Wildman–Crippen MR) is 129 cm³/mol. The summed E-state index contributed by atoms with van der Waals surface area (Å²) in [5.74, 6) is 0.265. The van der Waals surface area contributed by atoms with Gasteiger partial charge in [0.15, 0.2) is 0 Å². The second-order valence-corrected chi connectivity index (χ2v) is 9.45. The van der Waals surface area contributed by atoms with Crippen molar-refractivity contribution in [3.05, 3.63) is 124 Å². The minimum absolute atomic E-state index is 0.0629. The maximum Gasteiger partial charge on any atom is 0.145 e. The van der Waals surface area contributed by atoms with Crippen molar-refractivity contribution < 1.29 is 9.59 Å². The number of Topliss-reactive ketones (excluding diaryl/α,β-unsaturated/α-hetero) is 2. The Bertz CT molecular complexity index is 1010. The molecule has 2 unspecified atom stereocenters. The van der Waals surface area contributed by atoms with E-state index in [4.69, 9.17) is 0 Å². The molecule has 1 saturated carbocycles. The Labute approximate surface area is 196 Å². The zero-order valence-corrected chi connectivity index (χ0v) is 19.3. The first-order valence-corrected chi connectivity index (χ1v) is 11.9. The number of carbonyl (C=O) groups is 2. The molecule has 155 valence electrons. The van der Waals surface area contributed by atoms with Crippen molar-refractivity contribution in [2.75, 3.05) is 0 Å². The summed E-state index contributed by atoms with van der Waals surface area (Å²) in [7, 11) is 0. The van der Waals surface area contributed by atoms with Crippen LogP contribution in [0.5, 0.6) is 0 Å². The predicted octanol–water partition coefficient (Wildman–Crippen LogP) is 6.55. The number of rotatable bonds is 9. The summed E-state index contributed by atoms with van der Waals surface area (Å²) in [6.07, 6.45) is 8.06. The maximum atomic E-state index is 13.7. The second-order valence-electron chi connectivity index (χ2n) is 7.59. The Morgan fingerprint density at radius 3 is 2.16 bits per heavy atom. The highest BCUT2D eigenvalue weighted by Gasteiger charge is 2.36. The molecule has 4 rings (SSSR count). The second kappa shape index (κ2) is 10.5. The average molecular weight is 490 g/mol. The van der Waals surface area contributed by atoms with Gasteiger partial charge in [-0.05, 0) is 58.8 Å². The zero-order chi connectivity index (χ0) is 21.6. The van der Waals surface area contributed by atoms with Gasteiger partial charge in [-0.25, -0.2) is 0 Å². The topological polar surface area (TPSA) is 34.1 Å². The summed E-state index contributed by atoms with van der Waals surface area (Å²) < 4.78 is 0.973. The Morgan fingerprint density at radius 1 is 0.903 bits per heavy atom. The number of benzene rings is 2. The molecule has 2 aromatic carbocycles. The molecule has 0 bridgehead atoms. The van der Waals surface area contributed by atoms with Crippen molar-refractivity contribution in [1.82, 2.24) is 0 Å². The highest BCUT2D eigenvalue weighted by Crippen LogP contribution is 2.42. The fraction of sp³-hybridized carbons (Fsp3) is 0.148. The van der Waals surface area contributed by atoms with Gasteiger partial charge in [0.25, 0.3) is 0 Å². The van der Waals surface area contributed by atoms with Crippen molar-refractivity contribution in [3.63, 3.8) is 0 Å². The van der Waals surface area contributed by atoms with Gasteiger partial charge in [-0.2, -0.15) is 0 Å². The third kappa shape index (κ3) is 5.61. The number of hydrogen-bond donors (Lipinski definition) is 0. The van der Waals surface area contributed by atoms with Crippen molar-refractivity contribution in [1.29, 1.82) is 0 Å². The Kier molecular flexibility index (Phi) is 7.52. The molecule has 1 aliphatic rings. The molecule has 0 spiro atoms. The number of hydrogen-bond acceptors (Lipinski definition) is 3. The molecule has 4 heteroatoms. The molecule has 0 amide bonds. The van der Waals surface area contributed by atoms with E-state index >= 15 is 0 Å². The molecule has 0 saturated heterocycles. The van der Waals surface area contributed by atoms with Crippen LogP contribution in [0.3, 0.4) is 0 Å². The van der Waals surface area contributed by atoms with Gasteiger partial charge in [0.2, 0.25) is 0 Å². The van der Waals surface area contributed by atoms with E-state index in [2.05, 4.69) is 15.9 Å². The fourth-order valence-electron chi connectivity index (χ4n) is 3.99. The quantitative estimate of drug-likeness (QED) is 0.341. The van der Waals surface area contributed by atoms with Gasteiger partial charge in [0.1, 0.15) is 11.6 Å². The molecule has 0 N–H and O–H groups in total. The first kappa shape index (κ1) is 22.2. The van der Waals surface area contributed by atoms with E-state index < -0.39 is 5.92 Å². The van der Waals surface area contributed by atoms with E-state index in [-0.39, 0.29) is 23.9 Å². The van der Waals surface area contributed by atoms with E-state index in [9.17, 15) is 9.59 Å². The van der Waals surface area contributed by atoms with Crippen LogP contribution in [-0.2, 0) is 16.0 Å². The van der Waals surface area contributed by atoms with Crippen LogP contribution >= 0.6 is 27.3 Å². The number of thiophene rings is 1. The fourth-order valence-corrected chi connectivity index (χ4v) is 5.58. The SMILES string of the molecule is O=C(CC(c1cc(Br)cs1)C(C(=O)Cc1ccccc1)c1ccccc1)[C]1[CH][CH][CH][CH]1. The Hall–Kier alpha value is -2.04. The third-order valence-corrected chi connectivity index (χ3v) is 7.30. The largest absolute Gasteiger partial charge is 0.299 e. The highest BCUT2D eigenvalue weighted by atomic mass is 79.9. The number of carbonyl (C=O) groups excluding carboxylic acids is 2. The molecule has 3 aromatic rings. The average Bonchev–Trinajstić information content (AvgIpc) is 3.47. The molecule has 0 aliphatic heterocycles. The maximum absolute atomic E-state index is 13.7. The zero-order valence-electron chi connectivity index (χ0n) is 16.9. The van der Waals surface area contributed by atoms with Crippen LogP contribution < -0.4 is 0 Å². The molecular formula is C27H22BrO2S. The van der Waals surface area contributed by atoms with E-state index in [0.717, 1.165) is 20.5 Å². The Balaban J connectivity index is 1.70. The van der Waals surface area contributed by atoms with E-state index in [1.54, 1.807) is 11.3 Å². The minimum atomic E-state index is -0.397. The molecule has 31 heavy (non-hydrogen) atoms. The molecule has 2 atom stereocenters. The minimum Gasteiger partial charge on any atom is -0.299 e. The van der Waals surface area contributed by atoms with Crippen LogP contribution in [0, 0.1) is 31.6 Å². The van der Waals surface area contributed by atoms with Gasteiger partial charge in [0.05, 0.1) is 5.92 Å². The van der Waals surface area contributed by atoms with Crippen molar-refractivity contribution >= 4 is 38.8 Å². The summed E-state index contributed by atoms with van der Waals surface area (Å²) in [5, 5.41) is 2.01. The lowest BCUT2D eigenvalue weighted by molar-refractivity contribution is -0.121. The Morgan fingerprint density at radius 2 is 1.55 bits per heavy atom. The van der Waals surface area contributed by atoms with E-state index in [1.165, 1.54) is 0 Å². The summed E-state index contributed by atoms with van der Waals surface area (Å²) in [5.41, 5.74) is 1.94. The molecule has 1 aromatic heterocycles. The lowest BCUT2D eigenvalue weighted by atomic mass is 9.76.